The SMILES string of the molecule is Cc1cc(B2OC(C)(C)C(C)(C)O2)ccc1[C@@H](C)NC(=O)c1nc(C2(C)CC2)no1. The number of nitrogens with one attached hydrogen (secondary N) is 1. The summed E-state index contributed by atoms with van der Waals surface area (Å²) in [5, 5.41) is 6.93. The zero-order valence-corrected chi connectivity index (χ0v) is 18.8. The summed E-state index contributed by atoms with van der Waals surface area (Å²) in [5.74, 6) is 0.264. The van der Waals surface area contributed by atoms with Crippen LogP contribution in [0.1, 0.15) is 88.1 Å². The normalized spacial score (nSPS) is 22.0. The molecule has 160 valence electrons. The van der Waals surface area contributed by atoms with Crippen LogP contribution in [0.25, 0.3) is 0 Å². The molecule has 4 rings (SSSR count). The summed E-state index contributed by atoms with van der Waals surface area (Å²) in [6.45, 7) is 14.2. The standard InChI is InChI=1S/C22H30BN3O4/c1-13-12-15(23-29-20(3,4)21(5,6)30-23)8-9-16(13)14(2)24-17(27)18-25-19(26-28-18)22(7)10-11-22/h8-9,12,14H,10-11H2,1-7H3,(H,24,27)/t14-/m1/s1. The second-order valence-electron chi connectivity index (χ2n) is 9.88. The van der Waals surface area contributed by atoms with Crippen LogP contribution < -0.4 is 10.8 Å². The van der Waals surface area contributed by atoms with Gasteiger partial charge in [0.15, 0.2) is 5.82 Å². The molecule has 1 saturated carbocycles. The van der Waals surface area contributed by atoms with Crippen LogP contribution in [-0.2, 0) is 14.7 Å². The number of aromatic nitrogens is 2. The van der Waals surface area contributed by atoms with Crippen molar-refractivity contribution in [3.8, 4) is 0 Å². The van der Waals surface area contributed by atoms with Gasteiger partial charge in [-0.15, -0.1) is 0 Å². The fourth-order valence-electron chi connectivity index (χ4n) is 3.62. The summed E-state index contributed by atoms with van der Waals surface area (Å²) in [7, 11) is -0.409. The van der Waals surface area contributed by atoms with Gasteiger partial charge in [0.25, 0.3) is 0 Å². The highest BCUT2D eigenvalue weighted by molar-refractivity contribution is 6.62. The average Bonchev–Trinajstić information content (AvgIpc) is 3.12. The Balaban J connectivity index is 1.45. The van der Waals surface area contributed by atoms with Crippen LogP contribution in [-0.4, -0.2) is 34.4 Å². The van der Waals surface area contributed by atoms with Crippen molar-refractivity contribution in [2.24, 2.45) is 0 Å². The van der Waals surface area contributed by atoms with Gasteiger partial charge in [0, 0.05) is 5.41 Å². The number of carbonyl (C=O) groups excluding carboxylic acids is 1. The number of aryl methyl sites for hydroxylation is 1. The molecule has 8 heteroatoms. The number of benzene rings is 1. The van der Waals surface area contributed by atoms with Crippen molar-refractivity contribution in [3.05, 3.63) is 41.0 Å². The summed E-state index contributed by atoms with van der Waals surface area (Å²) >= 11 is 0. The molecule has 1 aliphatic carbocycles. The van der Waals surface area contributed by atoms with Crippen LogP contribution in [0.3, 0.4) is 0 Å². The Kier molecular flexibility index (Phi) is 4.86. The van der Waals surface area contributed by atoms with Crippen LogP contribution >= 0.6 is 0 Å². The molecule has 1 aromatic carbocycles. The molecule has 30 heavy (non-hydrogen) atoms. The Morgan fingerprint density at radius 3 is 2.33 bits per heavy atom. The third-order valence-electron chi connectivity index (χ3n) is 6.79. The van der Waals surface area contributed by atoms with Crippen molar-refractivity contribution in [1.82, 2.24) is 15.5 Å². The molecule has 1 amide bonds. The molecule has 1 aromatic heterocycles. The molecule has 2 heterocycles. The predicted molar refractivity (Wildman–Crippen MR) is 114 cm³/mol. The Morgan fingerprint density at radius 1 is 1.13 bits per heavy atom. The van der Waals surface area contributed by atoms with E-state index in [0.29, 0.717) is 5.82 Å². The molecular weight excluding hydrogens is 381 g/mol. The maximum Gasteiger partial charge on any atom is 0.494 e. The topological polar surface area (TPSA) is 86.5 Å². The maximum absolute atomic E-state index is 12.6. The van der Waals surface area contributed by atoms with E-state index >= 15 is 0 Å². The van der Waals surface area contributed by atoms with E-state index in [2.05, 4.69) is 28.4 Å². The minimum absolute atomic E-state index is 0.0106. The first kappa shape index (κ1) is 21.1. The Hall–Kier alpha value is -2.19. The van der Waals surface area contributed by atoms with Crippen LogP contribution in [0.15, 0.2) is 22.7 Å². The van der Waals surface area contributed by atoms with Gasteiger partial charge >= 0.3 is 18.9 Å². The van der Waals surface area contributed by atoms with E-state index in [1.54, 1.807) is 0 Å². The van der Waals surface area contributed by atoms with Crippen molar-refractivity contribution in [2.75, 3.05) is 0 Å². The van der Waals surface area contributed by atoms with Crippen molar-refractivity contribution >= 4 is 18.5 Å². The molecule has 0 bridgehead atoms. The van der Waals surface area contributed by atoms with Gasteiger partial charge in [0.1, 0.15) is 0 Å². The minimum atomic E-state index is -0.409. The lowest BCUT2D eigenvalue weighted by Gasteiger charge is -2.32. The second kappa shape index (κ2) is 6.92. The molecule has 2 aromatic rings. The lowest BCUT2D eigenvalue weighted by molar-refractivity contribution is 0.00578. The van der Waals surface area contributed by atoms with Gasteiger partial charge in [-0.25, -0.2) is 0 Å². The fourth-order valence-corrected chi connectivity index (χ4v) is 3.62. The molecule has 0 spiro atoms. The fraction of sp³-hybridized carbons (Fsp3) is 0.591. The molecular formula is C22H30BN3O4. The lowest BCUT2D eigenvalue weighted by Crippen LogP contribution is -2.41. The maximum atomic E-state index is 12.6. The molecule has 1 N–H and O–H groups in total. The lowest BCUT2D eigenvalue weighted by atomic mass is 9.77. The zero-order valence-electron chi connectivity index (χ0n) is 18.8. The second-order valence-corrected chi connectivity index (χ2v) is 9.88. The molecule has 7 nitrogen and oxygen atoms in total. The van der Waals surface area contributed by atoms with Gasteiger partial charge in [0.05, 0.1) is 17.2 Å². The predicted octanol–water partition coefficient (Wildman–Crippen LogP) is 3.22. The van der Waals surface area contributed by atoms with Crippen LogP contribution in [0, 0.1) is 6.92 Å². The Morgan fingerprint density at radius 2 is 1.77 bits per heavy atom. The monoisotopic (exact) mass is 411 g/mol. The highest BCUT2D eigenvalue weighted by Crippen LogP contribution is 2.46. The number of rotatable bonds is 5. The van der Waals surface area contributed by atoms with Gasteiger partial charge in [-0.2, -0.15) is 4.98 Å². The smallest absolute Gasteiger partial charge is 0.399 e. The third-order valence-corrected chi connectivity index (χ3v) is 6.79. The summed E-state index contributed by atoms with van der Waals surface area (Å²) in [6.07, 6.45) is 2.05. The highest BCUT2D eigenvalue weighted by atomic mass is 16.7. The first-order valence-corrected chi connectivity index (χ1v) is 10.5. The number of hydrogen-bond donors (Lipinski definition) is 1. The first-order chi connectivity index (χ1) is 13.9. The highest BCUT2D eigenvalue weighted by Gasteiger charge is 2.51. The number of amides is 1. The summed E-state index contributed by atoms with van der Waals surface area (Å²) in [6, 6.07) is 5.84. The number of carbonyl (C=O) groups is 1. The molecule has 0 radical (unpaired) electrons. The first-order valence-electron chi connectivity index (χ1n) is 10.5. The molecule has 1 aliphatic heterocycles. The van der Waals surface area contributed by atoms with E-state index in [0.717, 1.165) is 29.4 Å². The average molecular weight is 411 g/mol. The van der Waals surface area contributed by atoms with Crippen molar-refractivity contribution in [3.63, 3.8) is 0 Å². The van der Waals surface area contributed by atoms with Crippen LogP contribution in [0.2, 0.25) is 0 Å². The van der Waals surface area contributed by atoms with Gasteiger partial charge in [-0.1, -0.05) is 30.3 Å². The van der Waals surface area contributed by atoms with Gasteiger partial charge in [0.2, 0.25) is 0 Å². The van der Waals surface area contributed by atoms with E-state index in [4.69, 9.17) is 13.8 Å². The number of nitrogens with zero attached hydrogens (tertiary/aromatic N) is 2. The number of hydrogen-bond acceptors (Lipinski definition) is 6. The summed E-state index contributed by atoms with van der Waals surface area (Å²) in [5.41, 5.74) is 2.22. The van der Waals surface area contributed by atoms with E-state index < -0.39 is 7.12 Å². The zero-order chi connectivity index (χ0) is 21.9. The van der Waals surface area contributed by atoms with Crippen LogP contribution in [0.5, 0.6) is 0 Å². The Labute approximate surface area is 178 Å². The van der Waals surface area contributed by atoms with E-state index in [1.807, 2.05) is 53.7 Å². The molecule has 0 unspecified atom stereocenters. The largest absolute Gasteiger partial charge is 0.494 e. The minimum Gasteiger partial charge on any atom is -0.399 e. The molecule has 1 saturated heterocycles. The quantitative estimate of drug-likeness (QED) is 0.761. The van der Waals surface area contributed by atoms with E-state index in [9.17, 15) is 4.79 Å². The van der Waals surface area contributed by atoms with Gasteiger partial charge in [-0.05, 0) is 71.0 Å². The van der Waals surface area contributed by atoms with Crippen molar-refractivity contribution in [1.29, 1.82) is 0 Å². The molecule has 2 fully saturated rings. The molecule has 2 aliphatic rings. The van der Waals surface area contributed by atoms with Crippen molar-refractivity contribution < 1.29 is 18.6 Å². The summed E-state index contributed by atoms with van der Waals surface area (Å²) < 4.78 is 17.5. The van der Waals surface area contributed by atoms with Gasteiger partial charge in [-0.3, -0.25) is 4.79 Å². The molecule has 1 atom stereocenters. The van der Waals surface area contributed by atoms with E-state index in [-0.39, 0.29) is 34.5 Å². The Bertz CT molecular complexity index is 965. The third kappa shape index (κ3) is 3.67. The van der Waals surface area contributed by atoms with Gasteiger partial charge < -0.3 is 19.1 Å². The van der Waals surface area contributed by atoms with Crippen molar-refractivity contribution in [2.45, 2.75) is 84.0 Å². The van der Waals surface area contributed by atoms with E-state index in [1.165, 1.54) is 0 Å². The van der Waals surface area contributed by atoms with Crippen LogP contribution in [0.4, 0.5) is 0 Å². The summed E-state index contributed by atoms with van der Waals surface area (Å²) in [4.78, 5) is 16.9.